The molecule has 0 aromatic heterocycles. The summed E-state index contributed by atoms with van der Waals surface area (Å²) >= 11 is 3.41. The van der Waals surface area contributed by atoms with Crippen LogP contribution >= 0.6 is 15.9 Å². The van der Waals surface area contributed by atoms with Crippen molar-refractivity contribution in [1.82, 2.24) is 5.32 Å². The number of ether oxygens (including phenoxy) is 1. The lowest BCUT2D eigenvalue weighted by molar-refractivity contribution is -0.120. The van der Waals surface area contributed by atoms with Gasteiger partial charge in [0.25, 0.3) is 0 Å². The van der Waals surface area contributed by atoms with E-state index in [9.17, 15) is 4.79 Å². The lowest BCUT2D eigenvalue weighted by Crippen LogP contribution is -2.18. The van der Waals surface area contributed by atoms with Gasteiger partial charge in [-0.3, -0.25) is 4.79 Å². The van der Waals surface area contributed by atoms with Gasteiger partial charge in [-0.1, -0.05) is 15.9 Å². The molecule has 0 saturated carbocycles. The first-order chi connectivity index (χ1) is 8.54. The van der Waals surface area contributed by atoms with E-state index in [2.05, 4.69) is 21.2 Å². The fourth-order valence-corrected chi connectivity index (χ4v) is 1.93. The summed E-state index contributed by atoms with van der Waals surface area (Å²) in [6, 6.07) is 5.68. The Morgan fingerprint density at radius 1 is 1.56 bits per heavy atom. The van der Waals surface area contributed by atoms with Gasteiger partial charge < -0.3 is 15.8 Å². The van der Waals surface area contributed by atoms with Gasteiger partial charge in [0.1, 0.15) is 5.75 Å². The molecule has 0 unspecified atom stereocenters. The van der Waals surface area contributed by atoms with Crippen molar-refractivity contribution < 1.29 is 9.53 Å². The molecule has 0 fully saturated rings. The minimum Gasteiger partial charge on any atom is -0.493 e. The SMILES string of the molecule is CNC(=O)CCCOc1ccc(Br)cc1[C@@H](C)N. The second kappa shape index (κ2) is 7.38. The third-order valence-electron chi connectivity index (χ3n) is 2.55. The molecule has 0 aliphatic heterocycles. The Hall–Kier alpha value is -1.07. The standard InChI is InChI=1S/C13H19BrN2O2/c1-9(15)11-8-10(14)5-6-12(11)18-7-3-4-13(17)16-2/h5-6,8-9H,3-4,7,15H2,1-2H3,(H,16,17)/t9-/m1/s1. The molecule has 0 aliphatic carbocycles. The van der Waals surface area contributed by atoms with E-state index in [1.165, 1.54) is 0 Å². The zero-order valence-electron chi connectivity index (χ0n) is 10.7. The van der Waals surface area contributed by atoms with Gasteiger partial charge in [-0.25, -0.2) is 0 Å². The number of carbonyl (C=O) groups excluding carboxylic acids is 1. The molecule has 0 aliphatic rings. The van der Waals surface area contributed by atoms with Crippen LogP contribution in [0.4, 0.5) is 0 Å². The molecule has 0 saturated heterocycles. The van der Waals surface area contributed by atoms with Crippen molar-refractivity contribution in [2.24, 2.45) is 5.73 Å². The highest BCUT2D eigenvalue weighted by molar-refractivity contribution is 9.10. The molecule has 4 nitrogen and oxygen atoms in total. The maximum atomic E-state index is 11.1. The third kappa shape index (κ3) is 4.66. The van der Waals surface area contributed by atoms with Crippen LogP contribution in [0.1, 0.15) is 31.4 Å². The van der Waals surface area contributed by atoms with Crippen molar-refractivity contribution in [2.75, 3.05) is 13.7 Å². The Kier molecular flexibility index (Phi) is 6.15. The van der Waals surface area contributed by atoms with E-state index in [1.54, 1.807) is 7.05 Å². The van der Waals surface area contributed by atoms with Crippen LogP contribution in [0.2, 0.25) is 0 Å². The molecule has 5 heteroatoms. The summed E-state index contributed by atoms with van der Waals surface area (Å²) in [5.41, 5.74) is 6.85. The number of hydrogen-bond acceptors (Lipinski definition) is 3. The molecule has 1 rings (SSSR count). The Labute approximate surface area is 116 Å². The number of halogens is 1. The van der Waals surface area contributed by atoms with E-state index in [4.69, 9.17) is 10.5 Å². The van der Waals surface area contributed by atoms with Gasteiger partial charge in [0.15, 0.2) is 0 Å². The number of nitrogens with one attached hydrogen (secondary N) is 1. The van der Waals surface area contributed by atoms with Crippen LogP contribution < -0.4 is 15.8 Å². The summed E-state index contributed by atoms with van der Waals surface area (Å²) in [4.78, 5) is 11.1. The van der Waals surface area contributed by atoms with Crippen molar-refractivity contribution in [2.45, 2.75) is 25.8 Å². The van der Waals surface area contributed by atoms with Gasteiger partial charge in [-0.15, -0.1) is 0 Å². The van der Waals surface area contributed by atoms with Crippen molar-refractivity contribution in [1.29, 1.82) is 0 Å². The molecule has 0 spiro atoms. The van der Waals surface area contributed by atoms with E-state index < -0.39 is 0 Å². The molecule has 3 N–H and O–H groups in total. The second-order valence-electron chi connectivity index (χ2n) is 4.10. The van der Waals surface area contributed by atoms with Crippen LogP contribution in [-0.4, -0.2) is 19.6 Å². The highest BCUT2D eigenvalue weighted by Gasteiger charge is 2.09. The summed E-state index contributed by atoms with van der Waals surface area (Å²) in [5.74, 6) is 0.812. The zero-order valence-corrected chi connectivity index (χ0v) is 12.3. The highest BCUT2D eigenvalue weighted by Crippen LogP contribution is 2.27. The van der Waals surface area contributed by atoms with Crippen molar-refractivity contribution in [3.63, 3.8) is 0 Å². The number of nitrogens with two attached hydrogens (primary N) is 1. The quantitative estimate of drug-likeness (QED) is 0.792. The Morgan fingerprint density at radius 2 is 2.28 bits per heavy atom. The predicted molar refractivity (Wildman–Crippen MR) is 75.5 cm³/mol. The molecule has 18 heavy (non-hydrogen) atoms. The van der Waals surface area contributed by atoms with Gasteiger partial charge in [0.05, 0.1) is 6.61 Å². The van der Waals surface area contributed by atoms with Crippen LogP contribution in [0, 0.1) is 0 Å². The molecule has 1 aromatic carbocycles. The van der Waals surface area contributed by atoms with Crippen molar-refractivity contribution >= 4 is 21.8 Å². The molecule has 1 aromatic rings. The molecule has 100 valence electrons. The van der Waals surface area contributed by atoms with Crippen molar-refractivity contribution in [3.05, 3.63) is 28.2 Å². The normalized spacial score (nSPS) is 12.0. The van der Waals surface area contributed by atoms with E-state index in [0.717, 1.165) is 15.8 Å². The Bertz CT molecular complexity index is 408. The van der Waals surface area contributed by atoms with Crippen LogP contribution in [0.25, 0.3) is 0 Å². The molecule has 1 amide bonds. The summed E-state index contributed by atoms with van der Waals surface area (Å²) in [6.07, 6.45) is 1.16. The second-order valence-corrected chi connectivity index (χ2v) is 5.01. The topological polar surface area (TPSA) is 64.3 Å². The van der Waals surface area contributed by atoms with Gasteiger partial charge >= 0.3 is 0 Å². The number of hydrogen-bond donors (Lipinski definition) is 2. The smallest absolute Gasteiger partial charge is 0.219 e. The molecule has 1 atom stereocenters. The summed E-state index contributed by atoms with van der Waals surface area (Å²) < 4.78 is 6.65. The Balaban J connectivity index is 2.54. The van der Waals surface area contributed by atoms with Gasteiger partial charge in [-0.2, -0.15) is 0 Å². The van der Waals surface area contributed by atoms with E-state index in [1.807, 2.05) is 25.1 Å². The lowest BCUT2D eigenvalue weighted by atomic mass is 10.1. The average molecular weight is 315 g/mol. The first kappa shape index (κ1) is 15.0. The number of amides is 1. The highest BCUT2D eigenvalue weighted by atomic mass is 79.9. The largest absolute Gasteiger partial charge is 0.493 e. The Morgan fingerprint density at radius 3 is 2.89 bits per heavy atom. The number of rotatable bonds is 6. The number of benzene rings is 1. The zero-order chi connectivity index (χ0) is 13.5. The minimum atomic E-state index is -0.0866. The van der Waals surface area contributed by atoms with E-state index >= 15 is 0 Å². The van der Waals surface area contributed by atoms with Crippen molar-refractivity contribution in [3.8, 4) is 5.75 Å². The monoisotopic (exact) mass is 314 g/mol. The maximum Gasteiger partial charge on any atom is 0.219 e. The lowest BCUT2D eigenvalue weighted by Gasteiger charge is -2.14. The van der Waals surface area contributed by atoms with Gasteiger partial charge in [-0.05, 0) is 31.5 Å². The summed E-state index contributed by atoms with van der Waals surface area (Å²) in [6.45, 7) is 2.42. The van der Waals surface area contributed by atoms with Crippen LogP contribution in [0.5, 0.6) is 5.75 Å². The van der Waals surface area contributed by atoms with Gasteiger partial charge in [0, 0.05) is 29.5 Å². The summed E-state index contributed by atoms with van der Waals surface area (Å²) in [5, 5.41) is 2.58. The maximum absolute atomic E-state index is 11.1. The van der Waals surface area contributed by atoms with Crippen LogP contribution in [0.3, 0.4) is 0 Å². The minimum absolute atomic E-state index is 0.0295. The van der Waals surface area contributed by atoms with Gasteiger partial charge in [0.2, 0.25) is 5.91 Å². The van der Waals surface area contributed by atoms with E-state index in [0.29, 0.717) is 19.4 Å². The van der Waals surface area contributed by atoms with Crippen LogP contribution in [0.15, 0.2) is 22.7 Å². The predicted octanol–water partition coefficient (Wildman–Crippen LogP) is 2.37. The summed E-state index contributed by atoms with van der Waals surface area (Å²) in [7, 11) is 1.63. The van der Waals surface area contributed by atoms with E-state index in [-0.39, 0.29) is 11.9 Å². The molecule has 0 bridgehead atoms. The fraction of sp³-hybridized carbons (Fsp3) is 0.462. The first-order valence-corrected chi connectivity index (χ1v) is 6.72. The molecular weight excluding hydrogens is 296 g/mol. The third-order valence-corrected chi connectivity index (χ3v) is 3.04. The first-order valence-electron chi connectivity index (χ1n) is 5.93. The fourth-order valence-electron chi connectivity index (χ4n) is 1.55. The van der Waals surface area contributed by atoms with Crippen LogP contribution in [-0.2, 0) is 4.79 Å². The number of carbonyl (C=O) groups is 1. The average Bonchev–Trinajstić information content (AvgIpc) is 2.35. The molecule has 0 heterocycles. The molecular formula is C13H19BrN2O2. The molecule has 0 radical (unpaired) electrons.